The van der Waals surface area contributed by atoms with Crippen molar-refractivity contribution in [3.63, 3.8) is 0 Å². The van der Waals surface area contributed by atoms with Gasteiger partial charge in [-0.1, -0.05) is 32.0 Å². The van der Waals surface area contributed by atoms with Crippen LogP contribution in [0.3, 0.4) is 0 Å². The Hall–Kier alpha value is -4.11. The predicted octanol–water partition coefficient (Wildman–Crippen LogP) is 5.92. The number of carbonyl (C=O) groups excluding carboxylic acids is 2. The summed E-state index contributed by atoms with van der Waals surface area (Å²) in [5.74, 6) is 0.568. The van der Waals surface area contributed by atoms with Crippen LogP contribution in [0.4, 0.5) is 10.1 Å². The van der Waals surface area contributed by atoms with Crippen molar-refractivity contribution in [2.45, 2.75) is 52.2 Å². The molecule has 0 radical (unpaired) electrons. The van der Waals surface area contributed by atoms with Gasteiger partial charge in [0, 0.05) is 55.7 Å². The number of nitrogens with zero attached hydrogens (tertiary/aromatic N) is 1. The van der Waals surface area contributed by atoms with E-state index < -0.39 is 6.29 Å². The van der Waals surface area contributed by atoms with Gasteiger partial charge < -0.3 is 29.5 Å². The molecule has 0 aliphatic carbocycles. The van der Waals surface area contributed by atoms with Gasteiger partial charge in [-0.05, 0) is 54.3 Å². The summed E-state index contributed by atoms with van der Waals surface area (Å²) >= 11 is 0. The molecular formula is C32H37FN2O6. The molecule has 0 saturated carbocycles. The Morgan fingerprint density at radius 2 is 1.78 bits per heavy atom. The second-order valence-electron chi connectivity index (χ2n) is 9.83. The fraction of sp³-hybridized carbons (Fsp3) is 0.375. The molecule has 8 nitrogen and oxygen atoms in total. The lowest BCUT2D eigenvalue weighted by Gasteiger charge is -2.26. The lowest BCUT2D eigenvalue weighted by atomic mass is 10.00. The van der Waals surface area contributed by atoms with Crippen molar-refractivity contribution in [2.75, 3.05) is 31.6 Å². The molecule has 9 heteroatoms. The molecule has 0 bridgehead atoms. The molecule has 3 aromatic rings. The van der Waals surface area contributed by atoms with Crippen molar-refractivity contribution < 1.29 is 33.3 Å². The van der Waals surface area contributed by atoms with Crippen LogP contribution in [-0.2, 0) is 20.7 Å². The van der Waals surface area contributed by atoms with Gasteiger partial charge in [0.1, 0.15) is 23.1 Å². The first kappa shape index (κ1) is 29.9. The number of rotatable bonds is 12. The first-order valence-corrected chi connectivity index (χ1v) is 14.1. The molecule has 4 rings (SSSR count). The van der Waals surface area contributed by atoms with Gasteiger partial charge in [-0.3, -0.25) is 9.59 Å². The Balaban J connectivity index is 1.34. The fourth-order valence-corrected chi connectivity index (χ4v) is 4.59. The molecule has 2 amide bonds. The van der Waals surface area contributed by atoms with Crippen molar-refractivity contribution in [3.8, 4) is 28.4 Å². The highest BCUT2D eigenvalue weighted by Gasteiger charge is 2.18. The number of aryl methyl sites for hydroxylation is 1. The summed E-state index contributed by atoms with van der Waals surface area (Å²) < 4.78 is 30.9. The van der Waals surface area contributed by atoms with Gasteiger partial charge >= 0.3 is 0 Å². The Morgan fingerprint density at radius 1 is 1.02 bits per heavy atom. The summed E-state index contributed by atoms with van der Waals surface area (Å²) in [7, 11) is 0. The highest BCUT2D eigenvalue weighted by Crippen LogP contribution is 2.36. The molecule has 0 aromatic heterocycles. The van der Waals surface area contributed by atoms with Crippen LogP contribution < -0.4 is 14.8 Å². The Bertz CT molecular complexity index is 1320. The minimum atomic E-state index is -0.645. The Morgan fingerprint density at radius 3 is 2.49 bits per heavy atom. The van der Waals surface area contributed by atoms with Crippen molar-refractivity contribution in [3.05, 3.63) is 72.0 Å². The number of phenolic OH excluding ortho intramolecular Hbond substituents is 1. The van der Waals surface area contributed by atoms with Crippen molar-refractivity contribution in [2.24, 2.45) is 0 Å². The highest BCUT2D eigenvalue weighted by molar-refractivity contribution is 5.91. The highest BCUT2D eigenvalue weighted by atomic mass is 19.1. The molecule has 1 heterocycles. The van der Waals surface area contributed by atoms with Crippen LogP contribution in [0.25, 0.3) is 11.1 Å². The third-order valence-electron chi connectivity index (χ3n) is 6.85. The average Bonchev–Trinajstić information content (AvgIpc) is 2.98. The first-order valence-electron chi connectivity index (χ1n) is 14.1. The molecule has 1 aliphatic heterocycles. The molecule has 3 aromatic carbocycles. The maximum absolute atomic E-state index is 13.4. The van der Waals surface area contributed by atoms with E-state index in [4.69, 9.17) is 14.2 Å². The number of hydrogen-bond acceptors (Lipinski definition) is 6. The topological polar surface area (TPSA) is 97.3 Å². The zero-order valence-electron chi connectivity index (χ0n) is 23.5. The van der Waals surface area contributed by atoms with Gasteiger partial charge in [0.05, 0.1) is 13.2 Å². The van der Waals surface area contributed by atoms with Crippen LogP contribution in [-0.4, -0.2) is 54.4 Å². The van der Waals surface area contributed by atoms with E-state index in [1.165, 1.54) is 12.1 Å². The molecule has 1 unspecified atom stereocenters. The summed E-state index contributed by atoms with van der Waals surface area (Å²) in [6.45, 7) is 6.22. The number of carbonyl (C=O) groups is 2. The van der Waals surface area contributed by atoms with E-state index in [1.54, 1.807) is 47.4 Å². The molecular weight excluding hydrogens is 527 g/mol. The summed E-state index contributed by atoms with van der Waals surface area (Å²) in [5, 5.41) is 13.6. The van der Waals surface area contributed by atoms with Gasteiger partial charge in [-0.2, -0.15) is 0 Å². The van der Waals surface area contributed by atoms with Crippen molar-refractivity contribution in [1.82, 2.24) is 4.90 Å². The summed E-state index contributed by atoms with van der Waals surface area (Å²) in [6, 6.07) is 16.4. The van der Waals surface area contributed by atoms with Crippen LogP contribution in [0, 0.1) is 5.82 Å². The largest absolute Gasteiger partial charge is 0.507 e. The number of phenols is 1. The third kappa shape index (κ3) is 8.44. The number of amides is 2. The second-order valence-corrected chi connectivity index (χ2v) is 9.83. The van der Waals surface area contributed by atoms with Gasteiger partial charge in [-0.25, -0.2) is 4.39 Å². The molecule has 1 atom stereocenters. The number of ether oxygens (including phenoxy) is 3. The Labute approximate surface area is 240 Å². The minimum absolute atomic E-state index is 0.0232. The Kier molecular flexibility index (Phi) is 10.6. The van der Waals surface area contributed by atoms with Gasteiger partial charge in [0.2, 0.25) is 18.1 Å². The molecule has 2 N–H and O–H groups in total. The molecule has 1 aliphatic rings. The lowest BCUT2D eigenvalue weighted by molar-refractivity contribution is -0.135. The number of halogens is 1. The quantitative estimate of drug-likeness (QED) is 0.265. The number of nitrogens with one attached hydrogen (secondary N) is 1. The second kappa shape index (κ2) is 14.5. The number of morpholine rings is 1. The standard InChI is InChI=1S/C32H37FN2O6/c1-3-22-19-27(23-11-13-24(33)14-12-23)28(36)21-29(22)41-32(4-2)40-26-8-5-7-25(20-26)34-30(37)9-6-10-31(38)35-15-17-39-18-16-35/h5,7-8,11-14,19-21,32,36H,3-4,6,9-10,15-18H2,1-2H3,(H,34,37). The van der Waals surface area contributed by atoms with Crippen LogP contribution >= 0.6 is 0 Å². The maximum Gasteiger partial charge on any atom is 0.240 e. The zero-order chi connectivity index (χ0) is 29.2. The number of benzene rings is 3. The molecule has 1 fully saturated rings. The first-order chi connectivity index (χ1) is 19.9. The maximum atomic E-state index is 13.4. The van der Waals surface area contributed by atoms with Crippen LogP contribution in [0.15, 0.2) is 60.7 Å². The van der Waals surface area contributed by atoms with Gasteiger partial charge in [-0.15, -0.1) is 0 Å². The summed E-state index contributed by atoms with van der Waals surface area (Å²) in [5.41, 5.74) is 2.75. The molecule has 0 spiro atoms. The summed E-state index contributed by atoms with van der Waals surface area (Å²) in [6.07, 6.45) is 1.56. The van der Waals surface area contributed by atoms with Crippen LogP contribution in [0.5, 0.6) is 17.2 Å². The van der Waals surface area contributed by atoms with Crippen LogP contribution in [0.1, 0.15) is 45.1 Å². The normalized spacial score (nSPS) is 13.9. The van der Waals surface area contributed by atoms with E-state index in [1.807, 2.05) is 19.9 Å². The average molecular weight is 565 g/mol. The van der Waals surface area contributed by atoms with E-state index in [0.717, 1.165) is 5.56 Å². The monoisotopic (exact) mass is 564 g/mol. The molecule has 41 heavy (non-hydrogen) atoms. The third-order valence-corrected chi connectivity index (χ3v) is 6.85. The molecule has 218 valence electrons. The SMILES string of the molecule is CCc1cc(-c2ccc(F)cc2)c(O)cc1OC(CC)Oc1cccc(NC(=O)CCCC(=O)N2CCOCC2)c1. The van der Waals surface area contributed by atoms with Crippen molar-refractivity contribution in [1.29, 1.82) is 0 Å². The lowest BCUT2D eigenvalue weighted by Crippen LogP contribution is -2.40. The predicted molar refractivity (Wildman–Crippen MR) is 155 cm³/mol. The van der Waals surface area contributed by atoms with Crippen LogP contribution in [0.2, 0.25) is 0 Å². The minimum Gasteiger partial charge on any atom is -0.507 e. The fourth-order valence-electron chi connectivity index (χ4n) is 4.59. The van der Waals surface area contributed by atoms with E-state index in [-0.39, 0.29) is 29.8 Å². The van der Waals surface area contributed by atoms with Gasteiger partial charge in [0.25, 0.3) is 0 Å². The van der Waals surface area contributed by atoms with E-state index >= 15 is 0 Å². The zero-order valence-corrected chi connectivity index (χ0v) is 23.5. The number of hydrogen-bond donors (Lipinski definition) is 2. The molecule has 1 saturated heterocycles. The van der Waals surface area contributed by atoms with E-state index in [2.05, 4.69) is 5.32 Å². The summed E-state index contributed by atoms with van der Waals surface area (Å²) in [4.78, 5) is 26.5. The number of anilines is 1. The van der Waals surface area contributed by atoms with E-state index in [9.17, 15) is 19.1 Å². The van der Waals surface area contributed by atoms with Crippen molar-refractivity contribution >= 4 is 17.5 Å². The smallest absolute Gasteiger partial charge is 0.240 e. The number of aromatic hydroxyl groups is 1. The van der Waals surface area contributed by atoms with E-state index in [0.29, 0.717) is 80.3 Å². The van der Waals surface area contributed by atoms with Gasteiger partial charge in [0.15, 0.2) is 0 Å².